The van der Waals surface area contributed by atoms with Gasteiger partial charge in [0.1, 0.15) is 11.1 Å². The number of rotatable bonds is 4. The Morgan fingerprint density at radius 1 is 1.62 bits per heavy atom. The Morgan fingerprint density at radius 2 is 2.50 bits per heavy atom. The van der Waals surface area contributed by atoms with Crippen LogP contribution in [-0.4, -0.2) is 36.3 Å². The molecule has 1 fully saturated rings. The predicted octanol–water partition coefficient (Wildman–Crippen LogP) is 0.547. The third kappa shape index (κ3) is 2.75. The highest BCUT2D eigenvalue weighted by Gasteiger charge is 2.22. The minimum atomic E-state index is -0.113. The lowest BCUT2D eigenvalue weighted by molar-refractivity contribution is -0.115. The molecule has 0 aliphatic carbocycles. The zero-order valence-corrected chi connectivity index (χ0v) is 9.84. The van der Waals surface area contributed by atoms with Crippen molar-refractivity contribution in [1.82, 2.24) is 15.5 Å². The molecule has 1 aliphatic rings. The average molecular weight is 242 g/mol. The van der Waals surface area contributed by atoms with Crippen LogP contribution >= 0.6 is 11.3 Å². The summed E-state index contributed by atoms with van der Waals surface area (Å²) in [4.78, 5) is 11.3. The first-order valence-electron chi connectivity index (χ1n) is 5.19. The molecule has 0 aromatic carbocycles. The van der Waals surface area contributed by atoms with Crippen molar-refractivity contribution in [2.45, 2.75) is 18.9 Å². The lowest BCUT2D eigenvalue weighted by Crippen LogP contribution is -2.24. The first kappa shape index (κ1) is 11.4. The third-order valence-corrected chi connectivity index (χ3v) is 3.16. The molecule has 7 heteroatoms. The van der Waals surface area contributed by atoms with Gasteiger partial charge in [-0.25, -0.2) is 0 Å². The third-order valence-electron chi connectivity index (χ3n) is 2.23. The molecular weight excluding hydrogens is 228 g/mol. The number of carbonyl (C=O) groups is 1. The number of nitrogens with zero attached hydrogens (tertiary/aromatic N) is 2. The number of amides is 1. The van der Waals surface area contributed by atoms with E-state index in [1.807, 2.05) is 0 Å². The molecule has 0 bridgehead atoms. The summed E-state index contributed by atoms with van der Waals surface area (Å²) in [6, 6.07) is 0. The minimum absolute atomic E-state index is 0.0625. The summed E-state index contributed by atoms with van der Waals surface area (Å²) in [6.45, 7) is 1.06. The molecule has 1 amide bonds. The fraction of sp³-hybridized carbons (Fsp3) is 0.667. The predicted molar refractivity (Wildman–Crippen MR) is 60.4 cm³/mol. The Hall–Kier alpha value is -1.05. The molecule has 1 unspecified atom stereocenters. The van der Waals surface area contributed by atoms with Gasteiger partial charge in [-0.3, -0.25) is 10.1 Å². The van der Waals surface area contributed by atoms with E-state index in [-0.39, 0.29) is 18.6 Å². The van der Waals surface area contributed by atoms with Crippen molar-refractivity contribution in [3.05, 3.63) is 5.01 Å². The molecule has 1 aromatic rings. The number of hydrogen-bond acceptors (Lipinski definition) is 6. The van der Waals surface area contributed by atoms with Crippen LogP contribution in [0.1, 0.15) is 24.0 Å². The number of anilines is 1. The van der Waals surface area contributed by atoms with Gasteiger partial charge in [0, 0.05) is 6.61 Å². The van der Waals surface area contributed by atoms with Crippen molar-refractivity contribution in [3.8, 4) is 0 Å². The monoisotopic (exact) mass is 242 g/mol. The van der Waals surface area contributed by atoms with E-state index >= 15 is 0 Å². The second kappa shape index (κ2) is 5.33. The van der Waals surface area contributed by atoms with E-state index in [1.165, 1.54) is 11.3 Å². The maximum atomic E-state index is 11.3. The van der Waals surface area contributed by atoms with Crippen LogP contribution in [0.5, 0.6) is 0 Å². The van der Waals surface area contributed by atoms with E-state index in [2.05, 4.69) is 20.8 Å². The Bertz CT molecular complexity index is 362. The molecule has 2 rings (SSSR count). The molecule has 1 atom stereocenters. The summed E-state index contributed by atoms with van der Waals surface area (Å²) in [7, 11) is 1.72. The summed E-state index contributed by atoms with van der Waals surface area (Å²) in [6.07, 6.45) is 2.11. The van der Waals surface area contributed by atoms with Crippen LogP contribution in [0.2, 0.25) is 0 Å². The molecule has 6 nitrogen and oxygen atoms in total. The summed E-state index contributed by atoms with van der Waals surface area (Å²) in [5.41, 5.74) is 0. The Kier molecular flexibility index (Phi) is 3.81. The van der Waals surface area contributed by atoms with E-state index in [0.29, 0.717) is 5.13 Å². The first-order chi connectivity index (χ1) is 7.79. The number of likely N-dealkylation sites (N-methyl/N-ethyl adjacent to an activating group) is 1. The van der Waals surface area contributed by atoms with Crippen molar-refractivity contribution >= 4 is 22.4 Å². The van der Waals surface area contributed by atoms with Crippen LogP contribution in [0.3, 0.4) is 0 Å². The molecule has 16 heavy (non-hydrogen) atoms. The quantitative estimate of drug-likeness (QED) is 0.806. The van der Waals surface area contributed by atoms with Gasteiger partial charge in [-0.1, -0.05) is 11.3 Å². The molecule has 1 aliphatic heterocycles. The highest BCUT2D eigenvalue weighted by molar-refractivity contribution is 7.15. The minimum Gasteiger partial charge on any atom is -0.371 e. The first-order valence-corrected chi connectivity index (χ1v) is 6.00. The van der Waals surface area contributed by atoms with Crippen LogP contribution in [-0.2, 0) is 9.53 Å². The van der Waals surface area contributed by atoms with E-state index in [4.69, 9.17) is 4.74 Å². The van der Waals surface area contributed by atoms with Crippen LogP contribution < -0.4 is 10.6 Å². The maximum Gasteiger partial charge on any atom is 0.240 e. The van der Waals surface area contributed by atoms with Crippen molar-refractivity contribution < 1.29 is 9.53 Å². The van der Waals surface area contributed by atoms with Crippen molar-refractivity contribution in [3.63, 3.8) is 0 Å². The number of hydrogen-bond donors (Lipinski definition) is 2. The van der Waals surface area contributed by atoms with Gasteiger partial charge >= 0.3 is 0 Å². The van der Waals surface area contributed by atoms with E-state index in [0.717, 1.165) is 24.5 Å². The van der Waals surface area contributed by atoms with Gasteiger partial charge in [0.25, 0.3) is 0 Å². The topological polar surface area (TPSA) is 76.1 Å². The van der Waals surface area contributed by atoms with Crippen LogP contribution in [0.4, 0.5) is 5.13 Å². The number of aromatic nitrogens is 2. The molecule has 1 aromatic heterocycles. The molecule has 0 saturated carbocycles. The van der Waals surface area contributed by atoms with Gasteiger partial charge in [0.05, 0.1) is 6.54 Å². The molecular formula is C9H14N4O2S. The zero-order chi connectivity index (χ0) is 11.4. The Labute approximate surface area is 97.4 Å². The fourth-order valence-electron chi connectivity index (χ4n) is 1.51. The smallest absolute Gasteiger partial charge is 0.240 e. The van der Waals surface area contributed by atoms with E-state index in [9.17, 15) is 4.79 Å². The number of carbonyl (C=O) groups excluding carboxylic acids is 1. The van der Waals surface area contributed by atoms with Gasteiger partial charge < -0.3 is 10.1 Å². The van der Waals surface area contributed by atoms with Crippen molar-refractivity contribution in [2.75, 3.05) is 25.5 Å². The highest BCUT2D eigenvalue weighted by Crippen LogP contribution is 2.31. The Morgan fingerprint density at radius 3 is 3.19 bits per heavy atom. The summed E-state index contributed by atoms with van der Waals surface area (Å²) < 4.78 is 5.49. The van der Waals surface area contributed by atoms with Gasteiger partial charge in [-0.2, -0.15) is 0 Å². The van der Waals surface area contributed by atoms with E-state index < -0.39 is 0 Å². The molecule has 88 valence electrons. The van der Waals surface area contributed by atoms with E-state index in [1.54, 1.807) is 7.05 Å². The fourth-order valence-corrected chi connectivity index (χ4v) is 2.36. The molecule has 0 spiro atoms. The second-order valence-corrected chi connectivity index (χ2v) is 4.53. The standard InChI is InChI=1S/C9H14N4O2S/c1-10-5-7(14)11-9-13-12-8(16-9)6-3-2-4-15-6/h6,10H,2-5H2,1H3,(H,11,13,14). The molecule has 2 N–H and O–H groups in total. The number of nitrogens with one attached hydrogen (secondary N) is 2. The largest absolute Gasteiger partial charge is 0.371 e. The highest BCUT2D eigenvalue weighted by atomic mass is 32.1. The van der Waals surface area contributed by atoms with Crippen LogP contribution in [0.15, 0.2) is 0 Å². The molecule has 0 radical (unpaired) electrons. The van der Waals surface area contributed by atoms with Gasteiger partial charge in [0.2, 0.25) is 11.0 Å². The van der Waals surface area contributed by atoms with Crippen molar-refractivity contribution in [1.29, 1.82) is 0 Å². The SMILES string of the molecule is CNCC(=O)Nc1nnc(C2CCCO2)s1. The van der Waals surface area contributed by atoms with Gasteiger partial charge in [-0.05, 0) is 19.9 Å². The normalized spacial score (nSPS) is 19.9. The average Bonchev–Trinajstić information content (AvgIpc) is 2.86. The second-order valence-electron chi connectivity index (χ2n) is 3.53. The van der Waals surface area contributed by atoms with Gasteiger partial charge in [-0.15, -0.1) is 10.2 Å². The maximum absolute atomic E-state index is 11.3. The lowest BCUT2D eigenvalue weighted by Gasteiger charge is -2.02. The van der Waals surface area contributed by atoms with Crippen LogP contribution in [0, 0.1) is 0 Å². The Balaban J connectivity index is 1.93. The van der Waals surface area contributed by atoms with Crippen molar-refractivity contribution in [2.24, 2.45) is 0 Å². The summed E-state index contributed by atoms with van der Waals surface area (Å²) >= 11 is 1.38. The van der Waals surface area contributed by atoms with Gasteiger partial charge in [0.15, 0.2) is 0 Å². The zero-order valence-electron chi connectivity index (χ0n) is 9.02. The lowest BCUT2D eigenvalue weighted by atomic mass is 10.2. The summed E-state index contributed by atoms with van der Waals surface area (Å²) in [5, 5.41) is 14.8. The molecule has 1 saturated heterocycles. The molecule has 2 heterocycles. The number of ether oxygens (including phenoxy) is 1. The summed E-state index contributed by atoms with van der Waals surface area (Å²) in [5.74, 6) is -0.113. The van der Waals surface area contributed by atoms with Crippen LogP contribution in [0.25, 0.3) is 0 Å².